The largest absolute Gasteiger partial charge is 0.462 e. The quantitative estimate of drug-likeness (QED) is 0.548. The normalized spacial score (nSPS) is 11.1. The van der Waals surface area contributed by atoms with Crippen molar-refractivity contribution in [3.05, 3.63) is 83.8 Å². The molecule has 2 aromatic carbocycles. The molecule has 0 bridgehead atoms. The van der Waals surface area contributed by atoms with E-state index in [9.17, 15) is 17.6 Å². The van der Waals surface area contributed by atoms with Crippen molar-refractivity contribution in [3.8, 4) is 11.6 Å². The molecular weight excluding hydrogens is 411 g/mol. The molecule has 0 aliphatic carbocycles. The molecule has 0 saturated heterocycles. The molecule has 0 amide bonds. The minimum absolute atomic E-state index is 0.0147. The monoisotopic (exact) mass is 430 g/mol. The molecule has 9 heteroatoms. The molecule has 0 unspecified atom stereocenters. The Hall–Kier alpha value is -3.30. The number of nitrogens with one attached hydrogen (secondary N) is 1. The van der Waals surface area contributed by atoms with Gasteiger partial charge in [-0.1, -0.05) is 18.2 Å². The van der Waals surface area contributed by atoms with Crippen LogP contribution in [0.15, 0.2) is 71.8 Å². The van der Waals surface area contributed by atoms with E-state index in [0.717, 1.165) is 0 Å². The van der Waals surface area contributed by atoms with Crippen molar-refractivity contribution in [2.75, 3.05) is 6.61 Å². The lowest BCUT2D eigenvalue weighted by atomic mass is 10.2. The van der Waals surface area contributed by atoms with Crippen molar-refractivity contribution in [2.45, 2.75) is 18.4 Å². The predicted molar refractivity (Wildman–Crippen MR) is 107 cm³/mol. The van der Waals surface area contributed by atoms with E-state index in [0.29, 0.717) is 11.3 Å². The summed E-state index contributed by atoms with van der Waals surface area (Å²) in [6, 6.07) is 14.4. The van der Waals surface area contributed by atoms with Crippen LogP contribution in [0.3, 0.4) is 0 Å². The topological polar surface area (TPSA) is 94.6 Å². The SMILES string of the molecule is CCOC(=O)c1cccc(S(=O)(=O)NCc2ccc(Oc3cccc(F)c3)nc2)c1. The van der Waals surface area contributed by atoms with Crippen molar-refractivity contribution in [2.24, 2.45) is 0 Å². The Bertz CT molecular complexity index is 1130. The third-order valence-corrected chi connectivity index (χ3v) is 5.34. The van der Waals surface area contributed by atoms with Crippen LogP contribution in [0.25, 0.3) is 0 Å². The number of rotatable bonds is 8. The van der Waals surface area contributed by atoms with Gasteiger partial charge in [0.05, 0.1) is 17.1 Å². The summed E-state index contributed by atoms with van der Waals surface area (Å²) in [7, 11) is -3.85. The molecule has 156 valence electrons. The first-order valence-electron chi connectivity index (χ1n) is 9.02. The summed E-state index contributed by atoms with van der Waals surface area (Å²) in [6.45, 7) is 1.85. The number of hydrogen-bond acceptors (Lipinski definition) is 6. The van der Waals surface area contributed by atoms with Crippen LogP contribution in [-0.4, -0.2) is 26.0 Å². The van der Waals surface area contributed by atoms with E-state index in [1.54, 1.807) is 25.1 Å². The highest BCUT2D eigenvalue weighted by atomic mass is 32.2. The number of aromatic nitrogens is 1. The van der Waals surface area contributed by atoms with Gasteiger partial charge in [0.1, 0.15) is 11.6 Å². The second kappa shape index (κ2) is 9.47. The number of benzene rings is 2. The molecule has 1 aromatic heterocycles. The van der Waals surface area contributed by atoms with Gasteiger partial charge in [-0.3, -0.25) is 0 Å². The van der Waals surface area contributed by atoms with Crippen LogP contribution in [0.5, 0.6) is 11.6 Å². The zero-order valence-corrected chi connectivity index (χ0v) is 16.9. The second-order valence-electron chi connectivity index (χ2n) is 6.14. The third-order valence-electron chi connectivity index (χ3n) is 3.94. The summed E-state index contributed by atoms with van der Waals surface area (Å²) in [5.41, 5.74) is 0.743. The minimum atomic E-state index is -3.85. The van der Waals surface area contributed by atoms with Crippen molar-refractivity contribution in [3.63, 3.8) is 0 Å². The number of pyridine rings is 1. The number of halogens is 1. The first-order chi connectivity index (χ1) is 14.4. The average Bonchev–Trinajstić information content (AvgIpc) is 2.74. The van der Waals surface area contributed by atoms with E-state index in [4.69, 9.17) is 9.47 Å². The van der Waals surface area contributed by atoms with E-state index < -0.39 is 21.8 Å². The first-order valence-corrected chi connectivity index (χ1v) is 10.5. The van der Waals surface area contributed by atoms with Crippen molar-refractivity contribution in [1.29, 1.82) is 0 Å². The summed E-state index contributed by atoms with van der Waals surface area (Å²) < 4.78 is 51.1. The fraction of sp³-hybridized carbons (Fsp3) is 0.143. The van der Waals surface area contributed by atoms with Gasteiger partial charge in [0.2, 0.25) is 15.9 Å². The number of hydrogen-bond donors (Lipinski definition) is 1. The van der Waals surface area contributed by atoms with Gasteiger partial charge in [-0.25, -0.2) is 27.3 Å². The van der Waals surface area contributed by atoms with E-state index in [1.165, 1.54) is 48.7 Å². The number of nitrogens with zero attached hydrogens (tertiary/aromatic N) is 1. The predicted octanol–water partition coefficient (Wildman–Crippen LogP) is 3.67. The minimum Gasteiger partial charge on any atom is -0.462 e. The Morgan fingerprint density at radius 2 is 1.90 bits per heavy atom. The molecule has 0 spiro atoms. The van der Waals surface area contributed by atoms with Gasteiger partial charge < -0.3 is 9.47 Å². The lowest BCUT2D eigenvalue weighted by molar-refractivity contribution is 0.0526. The molecule has 0 aliphatic rings. The molecule has 0 saturated carbocycles. The van der Waals surface area contributed by atoms with Crippen molar-refractivity contribution >= 4 is 16.0 Å². The zero-order chi connectivity index (χ0) is 21.6. The number of ether oxygens (including phenoxy) is 2. The van der Waals surface area contributed by atoms with E-state index in [-0.39, 0.29) is 29.5 Å². The zero-order valence-electron chi connectivity index (χ0n) is 16.0. The number of sulfonamides is 1. The van der Waals surface area contributed by atoms with Crippen LogP contribution in [0.2, 0.25) is 0 Å². The molecule has 0 aliphatic heterocycles. The Morgan fingerprint density at radius 3 is 2.60 bits per heavy atom. The van der Waals surface area contributed by atoms with Crippen LogP contribution in [0, 0.1) is 5.82 Å². The molecule has 0 fully saturated rings. The van der Waals surface area contributed by atoms with Crippen LogP contribution < -0.4 is 9.46 Å². The molecule has 7 nitrogen and oxygen atoms in total. The van der Waals surface area contributed by atoms with Crippen LogP contribution in [-0.2, 0) is 21.3 Å². The van der Waals surface area contributed by atoms with Crippen LogP contribution in [0.1, 0.15) is 22.8 Å². The molecule has 30 heavy (non-hydrogen) atoms. The summed E-state index contributed by atoms with van der Waals surface area (Å²) >= 11 is 0. The van der Waals surface area contributed by atoms with E-state index in [2.05, 4.69) is 9.71 Å². The summed E-state index contributed by atoms with van der Waals surface area (Å²) in [5, 5.41) is 0. The highest BCUT2D eigenvalue weighted by molar-refractivity contribution is 7.89. The van der Waals surface area contributed by atoms with Gasteiger partial charge in [-0.15, -0.1) is 0 Å². The maximum atomic E-state index is 13.2. The Kier molecular flexibility index (Phi) is 6.76. The van der Waals surface area contributed by atoms with Crippen LogP contribution in [0.4, 0.5) is 4.39 Å². The fourth-order valence-corrected chi connectivity index (χ4v) is 3.56. The Labute approximate surface area is 173 Å². The number of carbonyl (C=O) groups excluding carboxylic acids is 1. The summed E-state index contributed by atoms with van der Waals surface area (Å²) in [5.74, 6) is -0.468. The molecule has 1 heterocycles. The van der Waals surface area contributed by atoms with Crippen LogP contribution >= 0.6 is 0 Å². The Morgan fingerprint density at radius 1 is 1.10 bits per heavy atom. The lowest BCUT2D eigenvalue weighted by Gasteiger charge is -2.09. The summed E-state index contributed by atoms with van der Waals surface area (Å²) in [6.07, 6.45) is 1.45. The maximum Gasteiger partial charge on any atom is 0.338 e. The summed E-state index contributed by atoms with van der Waals surface area (Å²) in [4.78, 5) is 15.9. The number of esters is 1. The van der Waals surface area contributed by atoms with Gasteiger partial charge in [0.25, 0.3) is 0 Å². The van der Waals surface area contributed by atoms with Gasteiger partial charge in [0.15, 0.2) is 0 Å². The highest BCUT2D eigenvalue weighted by Crippen LogP contribution is 2.20. The molecular formula is C21H19FN2O5S. The van der Waals surface area contributed by atoms with Crippen molar-refractivity contribution in [1.82, 2.24) is 9.71 Å². The maximum absolute atomic E-state index is 13.2. The number of carbonyl (C=O) groups is 1. The van der Waals surface area contributed by atoms with Gasteiger partial charge in [-0.05, 0) is 42.8 Å². The fourth-order valence-electron chi connectivity index (χ4n) is 2.49. The lowest BCUT2D eigenvalue weighted by Crippen LogP contribution is -2.23. The molecule has 0 atom stereocenters. The molecule has 0 radical (unpaired) electrons. The van der Waals surface area contributed by atoms with Gasteiger partial charge in [-0.2, -0.15) is 0 Å². The highest BCUT2D eigenvalue weighted by Gasteiger charge is 2.16. The first kappa shape index (κ1) is 21.4. The molecule has 3 aromatic rings. The van der Waals surface area contributed by atoms with Crippen molar-refractivity contribution < 1.29 is 27.1 Å². The molecule has 3 rings (SSSR count). The van der Waals surface area contributed by atoms with E-state index >= 15 is 0 Å². The average molecular weight is 430 g/mol. The Balaban J connectivity index is 1.64. The van der Waals surface area contributed by atoms with Gasteiger partial charge >= 0.3 is 5.97 Å². The second-order valence-corrected chi connectivity index (χ2v) is 7.90. The van der Waals surface area contributed by atoms with E-state index in [1.807, 2.05) is 0 Å². The smallest absolute Gasteiger partial charge is 0.338 e. The third kappa shape index (κ3) is 5.62. The molecule has 1 N–H and O–H groups in total. The van der Waals surface area contributed by atoms with Gasteiger partial charge in [0, 0.05) is 24.9 Å². The standard InChI is InChI=1S/C21H19FN2O5S/c1-2-28-21(25)16-5-3-8-19(11-16)30(26,27)24-14-15-9-10-20(23-13-15)29-18-7-4-6-17(22)12-18/h3-13,24H,2,14H2,1H3.